The van der Waals surface area contributed by atoms with E-state index in [1.807, 2.05) is 0 Å². The Balaban J connectivity index is 3.02. The molecule has 0 saturated carbocycles. The maximum absolute atomic E-state index is 11.9. The van der Waals surface area contributed by atoms with Gasteiger partial charge in [-0.25, -0.2) is 0 Å². The van der Waals surface area contributed by atoms with E-state index in [4.69, 9.17) is 5.11 Å². The first-order valence-electron chi connectivity index (χ1n) is 4.26. The fraction of sp³-hybridized carbons (Fsp3) is 0.333. The number of hydrogen-bond acceptors (Lipinski definition) is 3. The third-order valence-corrected chi connectivity index (χ3v) is 1.63. The fourth-order valence-corrected chi connectivity index (χ4v) is 1.05. The second kappa shape index (κ2) is 5.17. The Kier molecular flexibility index (Phi) is 4.11. The van der Waals surface area contributed by atoms with Gasteiger partial charge in [-0.2, -0.15) is 8.78 Å². The molecule has 0 amide bonds. The van der Waals surface area contributed by atoms with Crippen molar-refractivity contribution in [1.29, 1.82) is 0 Å². The summed E-state index contributed by atoms with van der Waals surface area (Å²) in [7, 11) is 0. The van der Waals surface area contributed by atoms with Crippen molar-refractivity contribution >= 4 is 0 Å². The molecule has 1 rings (SSSR count). The molecule has 0 aliphatic carbocycles. The molecule has 0 fully saturated rings. The molecule has 8 heteroatoms. The van der Waals surface area contributed by atoms with E-state index < -0.39 is 31.1 Å². The molecule has 96 valence electrons. The van der Waals surface area contributed by atoms with E-state index in [-0.39, 0.29) is 5.56 Å². The maximum Gasteiger partial charge on any atom is 0.573 e. The number of aliphatic hydroxyl groups is 1. The minimum absolute atomic E-state index is 0.121. The van der Waals surface area contributed by atoms with Crippen LogP contribution in [-0.4, -0.2) is 18.1 Å². The zero-order valence-corrected chi connectivity index (χ0v) is 8.17. The number of alkyl halides is 5. The van der Waals surface area contributed by atoms with Gasteiger partial charge in [0.05, 0.1) is 6.61 Å². The average molecular weight is 258 g/mol. The fourth-order valence-electron chi connectivity index (χ4n) is 1.05. The Labute approximate surface area is 92.4 Å². The van der Waals surface area contributed by atoms with Crippen LogP contribution in [0.15, 0.2) is 18.2 Å². The van der Waals surface area contributed by atoms with Crippen LogP contribution in [0.4, 0.5) is 22.0 Å². The highest BCUT2D eigenvalue weighted by atomic mass is 19.4. The highest BCUT2D eigenvalue weighted by molar-refractivity contribution is 5.43. The standard InChI is InChI=1S/C9H7F5O3/c10-8(11)16-7-3-5(4-15)1-2-6(7)17-9(12,13)14/h1-3,8,15H,4H2. The smallest absolute Gasteiger partial charge is 0.431 e. The lowest BCUT2D eigenvalue weighted by Gasteiger charge is -2.14. The van der Waals surface area contributed by atoms with Crippen molar-refractivity contribution in [2.24, 2.45) is 0 Å². The van der Waals surface area contributed by atoms with Gasteiger partial charge in [-0.3, -0.25) is 0 Å². The van der Waals surface area contributed by atoms with Crippen LogP contribution in [0.3, 0.4) is 0 Å². The van der Waals surface area contributed by atoms with Crippen molar-refractivity contribution in [2.45, 2.75) is 19.6 Å². The summed E-state index contributed by atoms with van der Waals surface area (Å²) in [5.74, 6) is -1.68. The van der Waals surface area contributed by atoms with E-state index in [0.717, 1.165) is 18.2 Å². The summed E-state index contributed by atoms with van der Waals surface area (Å²) in [5, 5.41) is 8.71. The SMILES string of the molecule is OCc1ccc(OC(F)(F)F)c(OC(F)F)c1. The van der Waals surface area contributed by atoms with Crippen molar-refractivity contribution < 1.29 is 36.5 Å². The third-order valence-electron chi connectivity index (χ3n) is 1.63. The molecule has 0 heterocycles. The highest BCUT2D eigenvalue weighted by Crippen LogP contribution is 2.34. The number of rotatable bonds is 4. The molecule has 0 radical (unpaired) electrons. The van der Waals surface area contributed by atoms with Crippen LogP contribution in [-0.2, 0) is 6.61 Å². The molecule has 0 bridgehead atoms. The maximum atomic E-state index is 11.9. The van der Waals surface area contributed by atoms with Gasteiger partial charge in [0.15, 0.2) is 11.5 Å². The van der Waals surface area contributed by atoms with E-state index in [9.17, 15) is 22.0 Å². The Hall–Kier alpha value is -1.57. The summed E-state index contributed by atoms with van der Waals surface area (Å²) in [6, 6.07) is 2.73. The third kappa shape index (κ3) is 4.43. The second-order valence-corrected chi connectivity index (χ2v) is 2.87. The zero-order valence-electron chi connectivity index (χ0n) is 8.17. The molecule has 3 nitrogen and oxygen atoms in total. The van der Waals surface area contributed by atoms with Gasteiger partial charge in [-0.1, -0.05) is 6.07 Å². The van der Waals surface area contributed by atoms with Gasteiger partial charge in [-0.05, 0) is 17.7 Å². The highest BCUT2D eigenvalue weighted by Gasteiger charge is 2.32. The quantitative estimate of drug-likeness (QED) is 0.844. The monoisotopic (exact) mass is 258 g/mol. The normalized spacial score (nSPS) is 11.7. The van der Waals surface area contributed by atoms with Crippen molar-refractivity contribution in [3.05, 3.63) is 23.8 Å². The van der Waals surface area contributed by atoms with E-state index >= 15 is 0 Å². The minimum Gasteiger partial charge on any atom is -0.431 e. The molecule has 1 aromatic rings. The van der Waals surface area contributed by atoms with E-state index in [2.05, 4.69) is 9.47 Å². The Morgan fingerprint density at radius 2 is 1.82 bits per heavy atom. The number of benzene rings is 1. The number of ether oxygens (including phenoxy) is 2. The summed E-state index contributed by atoms with van der Waals surface area (Å²) in [6.45, 7) is -3.81. The molecule has 0 saturated heterocycles. The lowest BCUT2D eigenvalue weighted by atomic mass is 10.2. The molecule has 1 aromatic carbocycles. The van der Waals surface area contributed by atoms with Crippen molar-refractivity contribution in [2.75, 3.05) is 0 Å². The van der Waals surface area contributed by atoms with Crippen LogP contribution >= 0.6 is 0 Å². The lowest BCUT2D eigenvalue weighted by Crippen LogP contribution is -2.18. The van der Waals surface area contributed by atoms with Gasteiger partial charge >= 0.3 is 13.0 Å². The molecule has 0 atom stereocenters. The molecule has 0 aromatic heterocycles. The lowest BCUT2D eigenvalue weighted by molar-refractivity contribution is -0.275. The van der Waals surface area contributed by atoms with Crippen LogP contribution in [0.2, 0.25) is 0 Å². The van der Waals surface area contributed by atoms with Gasteiger partial charge in [0, 0.05) is 0 Å². The van der Waals surface area contributed by atoms with Crippen LogP contribution < -0.4 is 9.47 Å². The first-order chi connectivity index (χ1) is 7.81. The van der Waals surface area contributed by atoms with Gasteiger partial charge in [-0.15, -0.1) is 13.2 Å². The van der Waals surface area contributed by atoms with Crippen LogP contribution in [0.25, 0.3) is 0 Å². The molecule has 0 aliphatic rings. The van der Waals surface area contributed by atoms with E-state index in [0.29, 0.717) is 0 Å². The predicted molar refractivity (Wildman–Crippen MR) is 45.7 cm³/mol. The Bertz CT molecular complexity index is 377. The summed E-state index contributed by atoms with van der Waals surface area (Å²) in [4.78, 5) is 0. The first-order valence-corrected chi connectivity index (χ1v) is 4.26. The molecule has 17 heavy (non-hydrogen) atoms. The van der Waals surface area contributed by atoms with Crippen LogP contribution in [0, 0.1) is 0 Å². The van der Waals surface area contributed by atoms with Gasteiger partial charge < -0.3 is 14.6 Å². The largest absolute Gasteiger partial charge is 0.573 e. The summed E-state index contributed by atoms with van der Waals surface area (Å²) in [5.41, 5.74) is 0.121. The molecular weight excluding hydrogens is 251 g/mol. The van der Waals surface area contributed by atoms with Crippen molar-refractivity contribution in [1.82, 2.24) is 0 Å². The Morgan fingerprint density at radius 1 is 1.18 bits per heavy atom. The zero-order chi connectivity index (χ0) is 13.1. The molecule has 0 unspecified atom stereocenters. The van der Waals surface area contributed by atoms with Crippen LogP contribution in [0.5, 0.6) is 11.5 Å². The summed E-state index contributed by atoms with van der Waals surface area (Å²) in [6.07, 6.45) is -5.01. The second-order valence-electron chi connectivity index (χ2n) is 2.87. The molecular formula is C9H7F5O3. The first kappa shape index (κ1) is 13.5. The van der Waals surface area contributed by atoms with Crippen molar-refractivity contribution in [3.8, 4) is 11.5 Å². The van der Waals surface area contributed by atoms with Gasteiger partial charge in [0.25, 0.3) is 0 Å². The number of halogens is 5. The average Bonchev–Trinajstić information content (AvgIpc) is 2.17. The summed E-state index contributed by atoms with van der Waals surface area (Å²) >= 11 is 0. The number of aliphatic hydroxyl groups excluding tert-OH is 1. The van der Waals surface area contributed by atoms with Gasteiger partial charge in [0.1, 0.15) is 0 Å². The molecule has 1 N–H and O–H groups in total. The van der Waals surface area contributed by atoms with E-state index in [1.165, 1.54) is 0 Å². The van der Waals surface area contributed by atoms with Crippen LogP contribution in [0.1, 0.15) is 5.56 Å². The number of hydrogen-bond donors (Lipinski definition) is 1. The topological polar surface area (TPSA) is 38.7 Å². The van der Waals surface area contributed by atoms with Gasteiger partial charge in [0.2, 0.25) is 0 Å². The minimum atomic E-state index is -5.01. The predicted octanol–water partition coefficient (Wildman–Crippen LogP) is 2.68. The van der Waals surface area contributed by atoms with E-state index in [1.54, 1.807) is 0 Å². The molecule has 0 aliphatic heterocycles. The van der Waals surface area contributed by atoms with Crippen molar-refractivity contribution in [3.63, 3.8) is 0 Å². The molecule has 0 spiro atoms. The Morgan fingerprint density at radius 3 is 2.29 bits per heavy atom. The summed E-state index contributed by atoms with van der Waals surface area (Å²) < 4.78 is 67.0.